The molecule has 1 saturated heterocycles. The minimum atomic E-state index is -0.668. The van der Waals surface area contributed by atoms with E-state index in [0.29, 0.717) is 19.0 Å². The third-order valence-electron chi connectivity index (χ3n) is 4.59. The summed E-state index contributed by atoms with van der Waals surface area (Å²) in [6.45, 7) is 8.14. The molecule has 0 saturated carbocycles. The summed E-state index contributed by atoms with van der Waals surface area (Å²) in [5.41, 5.74) is 2.03. The number of aliphatic hydroxyl groups is 1. The number of β-amino-alcohol motifs (C(OH)–C–C–N with tert-alkyl or cyclic N) is 1. The second-order valence-electron chi connectivity index (χ2n) is 7.10. The van der Waals surface area contributed by atoms with Crippen molar-refractivity contribution in [2.75, 3.05) is 20.1 Å². The van der Waals surface area contributed by atoms with E-state index >= 15 is 0 Å². The molecule has 0 unspecified atom stereocenters. The summed E-state index contributed by atoms with van der Waals surface area (Å²) in [5.74, 6) is 0.158. The lowest BCUT2D eigenvalue weighted by Crippen LogP contribution is -2.38. The zero-order valence-electron chi connectivity index (χ0n) is 15.5. The molecule has 8 heteroatoms. The van der Waals surface area contributed by atoms with Gasteiger partial charge in [0.1, 0.15) is 0 Å². The van der Waals surface area contributed by atoms with Gasteiger partial charge in [-0.25, -0.2) is 4.79 Å². The second kappa shape index (κ2) is 8.33. The van der Waals surface area contributed by atoms with Crippen molar-refractivity contribution >= 4 is 11.9 Å². The van der Waals surface area contributed by atoms with Crippen molar-refractivity contribution in [2.45, 2.75) is 46.4 Å². The van der Waals surface area contributed by atoms with Crippen LogP contribution in [0.1, 0.15) is 31.5 Å². The van der Waals surface area contributed by atoms with Crippen LogP contribution in [0.5, 0.6) is 0 Å². The van der Waals surface area contributed by atoms with Crippen molar-refractivity contribution < 1.29 is 14.7 Å². The molecule has 1 aromatic heterocycles. The Bertz CT molecular complexity index is 613. The summed E-state index contributed by atoms with van der Waals surface area (Å²) in [5, 5.41) is 19.8. The van der Waals surface area contributed by atoms with E-state index in [-0.39, 0.29) is 30.8 Å². The number of aromatic nitrogens is 2. The number of carbonyl (C=O) groups is 2. The molecule has 0 aliphatic carbocycles. The van der Waals surface area contributed by atoms with E-state index in [4.69, 9.17) is 0 Å². The molecule has 2 atom stereocenters. The van der Waals surface area contributed by atoms with Crippen LogP contribution >= 0.6 is 0 Å². The van der Waals surface area contributed by atoms with Crippen molar-refractivity contribution in [3.05, 3.63) is 17.5 Å². The average Bonchev–Trinajstić information content (AvgIpc) is 3.09. The third kappa shape index (κ3) is 4.94. The van der Waals surface area contributed by atoms with Crippen LogP contribution in [-0.2, 0) is 17.9 Å². The highest BCUT2D eigenvalue weighted by Gasteiger charge is 2.35. The first kappa shape index (κ1) is 19.2. The van der Waals surface area contributed by atoms with Crippen molar-refractivity contribution in [1.29, 1.82) is 0 Å². The molecule has 0 radical (unpaired) electrons. The Morgan fingerprint density at radius 2 is 2.12 bits per heavy atom. The maximum atomic E-state index is 12.3. The average molecular weight is 351 g/mol. The smallest absolute Gasteiger partial charge is 0.317 e. The van der Waals surface area contributed by atoms with E-state index < -0.39 is 6.10 Å². The number of aliphatic hydroxyl groups excluding tert-OH is 1. The van der Waals surface area contributed by atoms with Gasteiger partial charge in [0.2, 0.25) is 5.91 Å². The topological polar surface area (TPSA) is 99.5 Å². The highest BCUT2D eigenvalue weighted by molar-refractivity contribution is 5.77. The fraction of sp³-hybridized carbons (Fsp3) is 0.706. The van der Waals surface area contributed by atoms with Gasteiger partial charge in [0, 0.05) is 56.8 Å². The Morgan fingerprint density at radius 3 is 2.76 bits per heavy atom. The van der Waals surface area contributed by atoms with Crippen LogP contribution in [0.2, 0.25) is 0 Å². The number of hydrogen-bond acceptors (Lipinski definition) is 4. The first-order valence-corrected chi connectivity index (χ1v) is 8.74. The van der Waals surface area contributed by atoms with E-state index in [2.05, 4.69) is 29.6 Å². The largest absolute Gasteiger partial charge is 0.391 e. The fourth-order valence-corrected chi connectivity index (χ4v) is 3.03. The Labute approximate surface area is 148 Å². The lowest BCUT2D eigenvalue weighted by molar-refractivity contribution is -0.122. The van der Waals surface area contributed by atoms with Gasteiger partial charge in [-0.3, -0.25) is 9.48 Å². The van der Waals surface area contributed by atoms with E-state index in [0.717, 1.165) is 17.8 Å². The number of nitrogens with one attached hydrogen (secondary N) is 2. The summed E-state index contributed by atoms with van der Waals surface area (Å²) < 4.78 is 1.95. The van der Waals surface area contributed by atoms with Gasteiger partial charge in [-0.2, -0.15) is 5.10 Å². The minimum absolute atomic E-state index is 0.125. The number of nitrogens with zero attached hydrogens (tertiary/aromatic N) is 3. The van der Waals surface area contributed by atoms with Gasteiger partial charge in [-0.1, -0.05) is 13.8 Å². The molecular weight excluding hydrogens is 322 g/mol. The SMILES string of the molecule is CNC(=O)C[C@@H]1CN(C(=O)NCc2cnn(CC(C)C)c2C)C[C@H]1O. The molecule has 1 aliphatic heterocycles. The van der Waals surface area contributed by atoms with Crippen LogP contribution in [0.3, 0.4) is 0 Å². The van der Waals surface area contributed by atoms with Gasteiger partial charge in [-0.05, 0) is 12.8 Å². The number of rotatable bonds is 6. The Hall–Kier alpha value is -2.09. The Morgan fingerprint density at radius 1 is 1.40 bits per heavy atom. The van der Waals surface area contributed by atoms with Crippen LogP contribution in [0.4, 0.5) is 4.79 Å². The molecule has 8 nitrogen and oxygen atoms in total. The summed E-state index contributed by atoms with van der Waals surface area (Å²) in [6.07, 6.45) is 1.34. The zero-order valence-corrected chi connectivity index (χ0v) is 15.5. The first-order valence-electron chi connectivity index (χ1n) is 8.74. The van der Waals surface area contributed by atoms with Gasteiger partial charge >= 0.3 is 6.03 Å². The van der Waals surface area contributed by atoms with Gasteiger partial charge in [-0.15, -0.1) is 0 Å². The molecule has 1 aromatic rings. The lowest BCUT2D eigenvalue weighted by Gasteiger charge is -2.17. The summed E-state index contributed by atoms with van der Waals surface area (Å²) in [4.78, 5) is 25.4. The number of urea groups is 1. The monoisotopic (exact) mass is 351 g/mol. The van der Waals surface area contributed by atoms with Crippen LogP contribution in [0.15, 0.2) is 6.20 Å². The third-order valence-corrected chi connectivity index (χ3v) is 4.59. The molecule has 140 valence electrons. The molecule has 3 N–H and O–H groups in total. The summed E-state index contributed by atoms with van der Waals surface area (Å²) in [7, 11) is 1.57. The molecule has 25 heavy (non-hydrogen) atoms. The summed E-state index contributed by atoms with van der Waals surface area (Å²) in [6, 6.07) is -0.227. The van der Waals surface area contributed by atoms with E-state index in [1.807, 2.05) is 11.6 Å². The standard InChI is InChI=1S/C17H29N5O3/c1-11(2)8-22-12(3)14(7-20-22)6-19-17(25)21-9-13(15(23)10-21)5-16(24)18-4/h7,11,13,15,23H,5-6,8-10H2,1-4H3,(H,18,24)(H,19,25)/t13-,15-/m1/s1. The number of likely N-dealkylation sites (tertiary alicyclic amines) is 1. The number of carbonyl (C=O) groups excluding carboxylic acids is 2. The highest BCUT2D eigenvalue weighted by atomic mass is 16.3. The van der Waals surface area contributed by atoms with E-state index in [1.165, 1.54) is 0 Å². The number of amides is 3. The molecule has 0 aromatic carbocycles. The van der Waals surface area contributed by atoms with Crippen molar-refractivity contribution in [3.63, 3.8) is 0 Å². The Balaban J connectivity index is 1.87. The highest BCUT2D eigenvalue weighted by Crippen LogP contribution is 2.20. The molecule has 1 aliphatic rings. The van der Waals surface area contributed by atoms with E-state index in [9.17, 15) is 14.7 Å². The van der Waals surface area contributed by atoms with Crippen LogP contribution < -0.4 is 10.6 Å². The van der Waals surface area contributed by atoms with Crippen molar-refractivity contribution in [3.8, 4) is 0 Å². The fourth-order valence-electron chi connectivity index (χ4n) is 3.03. The van der Waals surface area contributed by atoms with Crippen molar-refractivity contribution in [1.82, 2.24) is 25.3 Å². The van der Waals surface area contributed by atoms with Gasteiger partial charge in [0.15, 0.2) is 0 Å². The van der Waals surface area contributed by atoms with Crippen LogP contribution in [-0.4, -0.2) is 58.0 Å². The molecular formula is C17H29N5O3. The normalized spacial score (nSPS) is 20.2. The summed E-state index contributed by atoms with van der Waals surface area (Å²) >= 11 is 0. The molecule has 1 fully saturated rings. The maximum Gasteiger partial charge on any atom is 0.317 e. The second-order valence-corrected chi connectivity index (χ2v) is 7.10. The quantitative estimate of drug-likeness (QED) is 0.694. The number of hydrogen-bond donors (Lipinski definition) is 3. The zero-order chi connectivity index (χ0) is 18.6. The van der Waals surface area contributed by atoms with Gasteiger partial charge in [0.05, 0.1) is 12.3 Å². The Kier molecular flexibility index (Phi) is 6.41. The maximum absolute atomic E-state index is 12.3. The molecule has 2 rings (SSSR count). The first-order chi connectivity index (χ1) is 11.8. The lowest BCUT2D eigenvalue weighted by atomic mass is 10.0. The predicted octanol–water partition coefficient (Wildman–Crippen LogP) is 0.486. The predicted molar refractivity (Wildman–Crippen MR) is 93.8 cm³/mol. The van der Waals surface area contributed by atoms with Crippen molar-refractivity contribution in [2.24, 2.45) is 11.8 Å². The van der Waals surface area contributed by atoms with Gasteiger partial charge < -0.3 is 20.6 Å². The van der Waals surface area contributed by atoms with Crippen LogP contribution in [0.25, 0.3) is 0 Å². The van der Waals surface area contributed by atoms with E-state index in [1.54, 1.807) is 18.1 Å². The molecule has 0 spiro atoms. The minimum Gasteiger partial charge on any atom is -0.391 e. The molecule has 3 amide bonds. The molecule has 0 bridgehead atoms. The van der Waals surface area contributed by atoms with Gasteiger partial charge in [0.25, 0.3) is 0 Å². The molecule has 2 heterocycles. The van der Waals surface area contributed by atoms with Crippen LogP contribution in [0, 0.1) is 18.8 Å².